The van der Waals surface area contributed by atoms with E-state index in [-0.39, 0.29) is 0 Å². The number of ether oxygens (including phenoxy) is 1. The molecule has 1 aromatic heterocycles. The van der Waals surface area contributed by atoms with E-state index >= 15 is 0 Å². The van der Waals surface area contributed by atoms with Crippen molar-refractivity contribution in [1.82, 2.24) is 4.98 Å². The summed E-state index contributed by atoms with van der Waals surface area (Å²) in [5.74, 6) is 0. The van der Waals surface area contributed by atoms with Crippen LogP contribution in [-0.2, 0) is 4.74 Å². The summed E-state index contributed by atoms with van der Waals surface area (Å²) in [6.45, 7) is 4.92. The lowest BCUT2D eigenvalue weighted by Gasteiger charge is -2.18. The van der Waals surface area contributed by atoms with Crippen molar-refractivity contribution in [3.63, 3.8) is 0 Å². The monoisotopic (exact) mass is 208 g/mol. The van der Waals surface area contributed by atoms with Gasteiger partial charge in [-0.3, -0.25) is 4.98 Å². The van der Waals surface area contributed by atoms with Crippen molar-refractivity contribution in [3.8, 4) is 0 Å². The standard InChI is InChI=1S/C12H20N2O/c1-4-5-12(9-15-3)14-11-6-7-13-10(2)8-11/h6-8,12H,4-5,9H2,1-3H3,(H,13,14). The van der Waals surface area contributed by atoms with E-state index in [0.717, 1.165) is 30.8 Å². The highest BCUT2D eigenvalue weighted by Crippen LogP contribution is 2.11. The molecule has 0 aromatic carbocycles. The van der Waals surface area contributed by atoms with Crippen LogP contribution in [0.1, 0.15) is 25.5 Å². The number of nitrogens with one attached hydrogen (secondary N) is 1. The van der Waals surface area contributed by atoms with Gasteiger partial charge in [-0.1, -0.05) is 13.3 Å². The molecular weight excluding hydrogens is 188 g/mol. The van der Waals surface area contributed by atoms with Crippen molar-refractivity contribution in [3.05, 3.63) is 24.0 Å². The third-order valence-electron chi connectivity index (χ3n) is 2.27. The van der Waals surface area contributed by atoms with Gasteiger partial charge in [-0.05, 0) is 25.5 Å². The molecule has 0 aliphatic carbocycles. The van der Waals surface area contributed by atoms with Gasteiger partial charge in [0.05, 0.1) is 6.61 Å². The third-order valence-corrected chi connectivity index (χ3v) is 2.27. The number of hydrogen-bond donors (Lipinski definition) is 1. The molecule has 0 aliphatic rings. The Labute approximate surface area is 91.9 Å². The molecule has 1 aromatic rings. The summed E-state index contributed by atoms with van der Waals surface area (Å²) in [5, 5.41) is 3.46. The first-order chi connectivity index (χ1) is 7.26. The fourth-order valence-electron chi connectivity index (χ4n) is 1.62. The molecular formula is C12H20N2O. The Kier molecular flexibility index (Phi) is 5.12. The molecule has 0 radical (unpaired) electrons. The smallest absolute Gasteiger partial charge is 0.0664 e. The van der Waals surface area contributed by atoms with Crippen molar-refractivity contribution < 1.29 is 4.74 Å². The van der Waals surface area contributed by atoms with Crippen LogP contribution < -0.4 is 5.32 Å². The number of anilines is 1. The number of aromatic nitrogens is 1. The van der Waals surface area contributed by atoms with Gasteiger partial charge < -0.3 is 10.1 Å². The molecule has 3 heteroatoms. The van der Waals surface area contributed by atoms with Gasteiger partial charge in [-0.15, -0.1) is 0 Å². The molecule has 0 amide bonds. The van der Waals surface area contributed by atoms with Gasteiger partial charge in [0.1, 0.15) is 0 Å². The molecule has 0 saturated heterocycles. The van der Waals surface area contributed by atoms with E-state index in [4.69, 9.17) is 4.74 Å². The molecule has 0 spiro atoms. The topological polar surface area (TPSA) is 34.1 Å². The highest BCUT2D eigenvalue weighted by molar-refractivity contribution is 5.43. The van der Waals surface area contributed by atoms with E-state index in [1.165, 1.54) is 0 Å². The third kappa shape index (κ3) is 4.30. The second-order valence-electron chi connectivity index (χ2n) is 3.77. The summed E-state index contributed by atoms with van der Waals surface area (Å²) < 4.78 is 5.18. The van der Waals surface area contributed by atoms with Crippen LogP contribution >= 0.6 is 0 Å². The number of nitrogens with zero attached hydrogens (tertiary/aromatic N) is 1. The molecule has 15 heavy (non-hydrogen) atoms. The second kappa shape index (κ2) is 6.40. The lowest BCUT2D eigenvalue weighted by Crippen LogP contribution is -2.24. The fourth-order valence-corrected chi connectivity index (χ4v) is 1.62. The fraction of sp³-hybridized carbons (Fsp3) is 0.583. The summed E-state index contributed by atoms with van der Waals surface area (Å²) in [4.78, 5) is 4.17. The van der Waals surface area contributed by atoms with Crippen LogP contribution in [0.25, 0.3) is 0 Å². The molecule has 1 unspecified atom stereocenters. The van der Waals surface area contributed by atoms with Crippen molar-refractivity contribution in [2.24, 2.45) is 0 Å². The summed E-state index contributed by atoms with van der Waals surface area (Å²) in [6, 6.07) is 4.44. The first kappa shape index (κ1) is 12.0. The van der Waals surface area contributed by atoms with Gasteiger partial charge in [-0.25, -0.2) is 0 Å². The van der Waals surface area contributed by atoms with Crippen molar-refractivity contribution in [2.45, 2.75) is 32.7 Å². The predicted octanol–water partition coefficient (Wildman–Crippen LogP) is 2.62. The minimum Gasteiger partial charge on any atom is -0.383 e. The molecule has 0 fully saturated rings. The van der Waals surface area contributed by atoms with Gasteiger partial charge >= 0.3 is 0 Å². The zero-order chi connectivity index (χ0) is 11.1. The maximum atomic E-state index is 5.18. The quantitative estimate of drug-likeness (QED) is 0.780. The number of aryl methyl sites for hydroxylation is 1. The number of hydrogen-bond acceptors (Lipinski definition) is 3. The highest BCUT2D eigenvalue weighted by atomic mass is 16.5. The SMILES string of the molecule is CCCC(COC)Nc1ccnc(C)c1. The van der Waals surface area contributed by atoms with Crippen LogP contribution in [0.15, 0.2) is 18.3 Å². The van der Waals surface area contributed by atoms with Crippen molar-refractivity contribution >= 4 is 5.69 Å². The average molecular weight is 208 g/mol. The first-order valence-corrected chi connectivity index (χ1v) is 5.44. The maximum Gasteiger partial charge on any atom is 0.0664 e. The summed E-state index contributed by atoms with van der Waals surface area (Å²) in [6.07, 6.45) is 4.10. The Balaban J connectivity index is 2.56. The zero-order valence-electron chi connectivity index (χ0n) is 9.79. The lowest BCUT2D eigenvalue weighted by atomic mass is 10.1. The molecule has 1 atom stereocenters. The summed E-state index contributed by atoms with van der Waals surface area (Å²) in [7, 11) is 1.74. The molecule has 0 bridgehead atoms. The molecule has 1 heterocycles. The van der Waals surface area contributed by atoms with Gasteiger partial charge in [0.15, 0.2) is 0 Å². The van der Waals surface area contributed by atoms with E-state index in [0.29, 0.717) is 6.04 Å². The highest BCUT2D eigenvalue weighted by Gasteiger charge is 2.06. The van der Waals surface area contributed by atoms with Crippen LogP contribution in [0.4, 0.5) is 5.69 Å². The van der Waals surface area contributed by atoms with Gasteiger partial charge in [-0.2, -0.15) is 0 Å². The van der Waals surface area contributed by atoms with E-state index in [9.17, 15) is 0 Å². The molecule has 0 saturated carbocycles. The number of rotatable bonds is 6. The van der Waals surface area contributed by atoms with E-state index in [2.05, 4.69) is 23.3 Å². The summed E-state index contributed by atoms with van der Waals surface area (Å²) >= 11 is 0. The Morgan fingerprint density at radius 2 is 2.33 bits per heavy atom. The van der Waals surface area contributed by atoms with Gasteiger partial charge in [0, 0.05) is 30.7 Å². The van der Waals surface area contributed by atoms with Crippen LogP contribution in [-0.4, -0.2) is 24.7 Å². The van der Waals surface area contributed by atoms with Crippen molar-refractivity contribution in [2.75, 3.05) is 19.0 Å². The molecule has 84 valence electrons. The Hall–Kier alpha value is -1.09. The average Bonchev–Trinajstić information content (AvgIpc) is 2.18. The van der Waals surface area contributed by atoms with E-state index in [1.807, 2.05) is 19.2 Å². The Morgan fingerprint density at radius 3 is 2.93 bits per heavy atom. The normalized spacial score (nSPS) is 12.5. The van der Waals surface area contributed by atoms with Gasteiger partial charge in [0.25, 0.3) is 0 Å². The molecule has 1 rings (SSSR count). The Morgan fingerprint density at radius 1 is 1.53 bits per heavy atom. The minimum atomic E-state index is 0.391. The van der Waals surface area contributed by atoms with Crippen LogP contribution in [0, 0.1) is 6.92 Å². The largest absolute Gasteiger partial charge is 0.383 e. The van der Waals surface area contributed by atoms with Crippen molar-refractivity contribution in [1.29, 1.82) is 0 Å². The minimum absolute atomic E-state index is 0.391. The predicted molar refractivity (Wildman–Crippen MR) is 63.2 cm³/mol. The lowest BCUT2D eigenvalue weighted by molar-refractivity contribution is 0.182. The molecule has 1 N–H and O–H groups in total. The van der Waals surface area contributed by atoms with E-state index in [1.54, 1.807) is 7.11 Å². The summed E-state index contributed by atoms with van der Waals surface area (Å²) in [5.41, 5.74) is 2.16. The number of methoxy groups -OCH3 is 1. The number of pyridine rings is 1. The van der Waals surface area contributed by atoms with E-state index < -0.39 is 0 Å². The second-order valence-corrected chi connectivity index (χ2v) is 3.77. The van der Waals surface area contributed by atoms with Crippen LogP contribution in [0.2, 0.25) is 0 Å². The maximum absolute atomic E-state index is 5.18. The first-order valence-electron chi connectivity index (χ1n) is 5.44. The Bertz CT molecular complexity index is 283. The van der Waals surface area contributed by atoms with Gasteiger partial charge in [0.2, 0.25) is 0 Å². The molecule has 3 nitrogen and oxygen atoms in total. The molecule has 0 aliphatic heterocycles. The van der Waals surface area contributed by atoms with Crippen LogP contribution in [0.5, 0.6) is 0 Å². The van der Waals surface area contributed by atoms with Crippen LogP contribution in [0.3, 0.4) is 0 Å². The zero-order valence-corrected chi connectivity index (χ0v) is 9.79.